The number of fused-ring (bicyclic) bond motifs is 2. The van der Waals surface area contributed by atoms with E-state index in [0.717, 1.165) is 0 Å². The van der Waals surface area contributed by atoms with Crippen molar-refractivity contribution in [2.75, 3.05) is 0 Å². The maximum Gasteiger partial charge on any atom is 0.132 e. The number of hydrogen-bond acceptors (Lipinski definition) is 2. The summed E-state index contributed by atoms with van der Waals surface area (Å²) in [7, 11) is 0. The second-order valence-electron chi connectivity index (χ2n) is 4.38. The Bertz CT molecular complexity index is 804. The van der Waals surface area contributed by atoms with Crippen molar-refractivity contribution in [3.8, 4) is 11.5 Å². The zero-order chi connectivity index (χ0) is 12.9. The van der Waals surface area contributed by atoms with Gasteiger partial charge in [0.1, 0.15) is 11.5 Å². The van der Waals surface area contributed by atoms with Gasteiger partial charge in [-0.3, -0.25) is 0 Å². The first kappa shape index (κ1) is 10.7. The van der Waals surface area contributed by atoms with Gasteiger partial charge in [0, 0.05) is 21.5 Å². The molecule has 0 heterocycles. The summed E-state index contributed by atoms with van der Waals surface area (Å²) in [6.45, 7) is 7.79. The number of rotatable bonds is 0. The third-order valence-corrected chi connectivity index (χ3v) is 3.29. The summed E-state index contributed by atoms with van der Waals surface area (Å²) >= 11 is 0. The van der Waals surface area contributed by atoms with E-state index in [4.69, 9.17) is 0 Å². The smallest absolute Gasteiger partial charge is 0.132 e. The molecule has 0 saturated carbocycles. The second-order valence-corrected chi connectivity index (χ2v) is 4.38. The molecule has 0 bridgehead atoms. The van der Waals surface area contributed by atoms with Crippen LogP contribution in [0.4, 0.5) is 0 Å². The molecular formula is C16H12O2. The van der Waals surface area contributed by atoms with Crippen molar-refractivity contribution in [3.63, 3.8) is 0 Å². The average molecular weight is 236 g/mol. The van der Waals surface area contributed by atoms with E-state index in [1.807, 2.05) is 0 Å². The minimum Gasteiger partial charge on any atom is -0.507 e. The third-order valence-electron chi connectivity index (χ3n) is 3.29. The van der Waals surface area contributed by atoms with E-state index in [9.17, 15) is 10.2 Å². The molecule has 3 rings (SSSR count). The van der Waals surface area contributed by atoms with Crippen LogP contribution in [-0.2, 0) is 0 Å². The molecule has 0 spiro atoms. The zero-order valence-electron chi connectivity index (χ0n) is 9.77. The van der Waals surface area contributed by atoms with Crippen LogP contribution in [0.15, 0.2) is 36.4 Å². The molecule has 0 aliphatic heterocycles. The standard InChI is InChI=1S/C16H12O2/c1-9-5-3-7-11-13(9)15(17)12-8-4-6-10(2)14(12)16(11)18/h3-8,17-18H,1-2H2. The molecule has 0 amide bonds. The van der Waals surface area contributed by atoms with Gasteiger partial charge in [0.2, 0.25) is 0 Å². The van der Waals surface area contributed by atoms with E-state index in [-0.39, 0.29) is 11.5 Å². The predicted molar refractivity (Wildman–Crippen MR) is 75.1 cm³/mol. The maximum atomic E-state index is 10.4. The van der Waals surface area contributed by atoms with Gasteiger partial charge >= 0.3 is 0 Å². The van der Waals surface area contributed by atoms with Crippen molar-refractivity contribution in [2.45, 2.75) is 0 Å². The maximum absolute atomic E-state index is 10.4. The summed E-state index contributed by atoms with van der Waals surface area (Å²) in [5.41, 5.74) is 0. The molecule has 0 unspecified atom stereocenters. The molecule has 88 valence electrons. The fourth-order valence-electron chi connectivity index (χ4n) is 2.42. The molecule has 2 nitrogen and oxygen atoms in total. The van der Waals surface area contributed by atoms with Crippen molar-refractivity contribution < 1.29 is 10.2 Å². The summed E-state index contributed by atoms with van der Waals surface area (Å²) in [5.74, 6) is 0.294. The van der Waals surface area contributed by atoms with Crippen LogP contribution in [0.5, 0.6) is 11.5 Å². The highest BCUT2D eigenvalue weighted by atomic mass is 16.3. The van der Waals surface area contributed by atoms with Crippen LogP contribution in [0.25, 0.3) is 34.7 Å². The van der Waals surface area contributed by atoms with E-state index < -0.39 is 0 Å². The van der Waals surface area contributed by atoms with Crippen LogP contribution in [-0.4, -0.2) is 10.2 Å². The van der Waals surface area contributed by atoms with Gasteiger partial charge in [0.15, 0.2) is 0 Å². The second kappa shape index (κ2) is 3.50. The van der Waals surface area contributed by atoms with Crippen molar-refractivity contribution in [1.29, 1.82) is 0 Å². The highest BCUT2D eigenvalue weighted by molar-refractivity contribution is 6.10. The molecule has 0 aliphatic rings. The Hall–Kier alpha value is -2.48. The Kier molecular flexibility index (Phi) is 2.08. The molecule has 2 heteroatoms. The van der Waals surface area contributed by atoms with E-state index >= 15 is 0 Å². The summed E-state index contributed by atoms with van der Waals surface area (Å²) in [6, 6.07) is 10.8. The SMILES string of the molecule is C=c1cccc2c(O)c3c(=C)cccc3c(O)c12. The van der Waals surface area contributed by atoms with Crippen LogP contribution in [0.2, 0.25) is 0 Å². The summed E-state index contributed by atoms with van der Waals surface area (Å²) in [5, 5.41) is 24.5. The van der Waals surface area contributed by atoms with E-state index in [0.29, 0.717) is 32.0 Å². The number of hydrogen-bond donors (Lipinski definition) is 2. The van der Waals surface area contributed by atoms with Gasteiger partial charge in [-0.25, -0.2) is 0 Å². The summed E-state index contributed by atoms with van der Waals surface area (Å²) in [6.07, 6.45) is 0. The lowest BCUT2D eigenvalue weighted by Crippen LogP contribution is -2.03. The van der Waals surface area contributed by atoms with Crippen LogP contribution in [0, 0.1) is 0 Å². The van der Waals surface area contributed by atoms with Crippen molar-refractivity contribution >= 4 is 34.7 Å². The van der Waals surface area contributed by atoms with Crippen molar-refractivity contribution in [1.82, 2.24) is 0 Å². The van der Waals surface area contributed by atoms with Gasteiger partial charge in [0.25, 0.3) is 0 Å². The van der Waals surface area contributed by atoms with Crippen molar-refractivity contribution in [2.24, 2.45) is 0 Å². The molecule has 0 fully saturated rings. The van der Waals surface area contributed by atoms with Crippen LogP contribution in [0.1, 0.15) is 0 Å². The summed E-state index contributed by atoms with van der Waals surface area (Å²) in [4.78, 5) is 0. The fraction of sp³-hybridized carbons (Fsp3) is 0. The fourth-order valence-corrected chi connectivity index (χ4v) is 2.42. The van der Waals surface area contributed by atoms with Gasteiger partial charge in [-0.05, 0) is 10.4 Å². The van der Waals surface area contributed by atoms with Gasteiger partial charge in [-0.15, -0.1) is 0 Å². The highest BCUT2D eigenvalue weighted by Crippen LogP contribution is 2.37. The van der Waals surface area contributed by atoms with Crippen LogP contribution < -0.4 is 10.4 Å². The van der Waals surface area contributed by atoms with Gasteiger partial charge in [0.05, 0.1) is 0 Å². The topological polar surface area (TPSA) is 40.5 Å². The largest absolute Gasteiger partial charge is 0.507 e. The molecule has 18 heavy (non-hydrogen) atoms. The molecule has 0 aliphatic carbocycles. The van der Waals surface area contributed by atoms with E-state index in [2.05, 4.69) is 13.2 Å². The Morgan fingerprint density at radius 1 is 0.667 bits per heavy atom. The van der Waals surface area contributed by atoms with E-state index in [1.165, 1.54) is 0 Å². The molecule has 0 atom stereocenters. The van der Waals surface area contributed by atoms with Crippen molar-refractivity contribution in [3.05, 3.63) is 46.8 Å². The number of phenols is 2. The number of phenolic OH excluding ortho intramolecular Hbond substituents is 2. The summed E-state index contributed by atoms with van der Waals surface area (Å²) < 4.78 is 0. The Morgan fingerprint density at radius 3 is 1.44 bits per heavy atom. The lowest BCUT2D eigenvalue weighted by atomic mass is 9.98. The monoisotopic (exact) mass is 236 g/mol. The van der Waals surface area contributed by atoms with Crippen LogP contribution in [0.3, 0.4) is 0 Å². The Balaban J connectivity index is 2.80. The predicted octanol–water partition coefficient (Wildman–Crippen LogP) is 2.22. The van der Waals surface area contributed by atoms with Gasteiger partial charge in [-0.2, -0.15) is 0 Å². The minimum atomic E-state index is 0.147. The first-order chi connectivity index (χ1) is 8.61. The molecular weight excluding hydrogens is 224 g/mol. The molecule has 2 N–H and O–H groups in total. The average Bonchev–Trinajstić information content (AvgIpc) is 2.35. The normalized spacial score (nSPS) is 11.1. The highest BCUT2D eigenvalue weighted by Gasteiger charge is 2.13. The van der Waals surface area contributed by atoms with E-state index in [1.54, 1.807) is 36.4 Å². The van der Waals surface area contributed by atoms with Crippen LogP contribution >= 0.6 is 0 Å². The quantitative estimate of drug-likeness (QED) is 0.464. The third kappa shape index (κ3) is 1.23. The van der Waals surface area contributed by atoms with Gasteiger partial charge in [-0.1, -0.05) is 49.6 Å². The van der Waals surface area contributed by atoms with Gasteiger partial charge < -0.3 is 10.2 Å². The minimum absolute atomic E-state index is 0.147. The first-order valence-electron chi connectivity index (χ1n) is 5.64. The lowest BCUT2D eigenvalue weighted by Gasteiger charge is -2.10. The number of aromatic hydroxyl groups is 2. The molecule has 3 aromatic carbocycles. The lowest BCUT2D eigenvalue weighted by molar-refractivity contribution is 0.478. The molecule has 0 aromatic heterocycles. The Morgan fingerprint density at radius 2 is 1.06 bits per heavy atom. The Labute approximate surface area is 104 Å². The number of benzene rings is 3. The molecule has 3 aromatic rings. The molecule has 0 saturated heterocycles. The zero-order valence-corrected chi connectivity index (χ0v) is 9.77. The first-order valence-corrected chi connectivity index (χ1v) is 5.64. The molecule has 0 radical (unpaired) electrons.